The van der Waals surface area contributed by atoms with Gasteiger partial charge in [-0.3, -0.25) is 0 Å². The Hall–Kier alpha value is -0.0900. The largest absolute Gasteiger partial charge is 0.381 e. The summed E-state index contributed by atoms with van der Waals surface area (Å²) in [4.78, 5) is 0. The fourth-order valence-corrected chi connectivity index (χ4v) is 2.51. The van der Waals surface area contributed by atoms with Crippen molar-refractivity contribution in [3.05, 3.63) is 0 Å². The van der Waals surface area contributed by atoms with E-state index in [1.54, 1.807) is 0 Å². The SMILES string of the molecule is C[C@H]1COC[C@H]1CS(C)(=O)=O. The van der Waals surface area contributed by atoms with Crippen LogP contribution < -0.4 is 0 Å². The van der Waals surface area contributed by atoms with Gasteiger partial charge in [0.2, 0.25) is 0 Å². The highest BCUT2D eigenvalue weighted by Crippen LogP contribution is 2.20. The second kappa shape index (κ2) is 3.11. The van der Waals surface area contributed by atoms with E-state index in [0.29, 0.717) is 19.1 Å². The second-order valence-corrected chi connectivity index (χ2v) is 5.55. The number of hydrogen-bond donors (Lipinski definition) is 0. The maximum Gasteiger partial charge on any atom is 0.147 e. The summed E-state index contributed by atoms with van der Waals surface area (Å²) in [6.45, 7) is 3.34. The zero-order valence-electron chi connectivity index (χ0n) is 6.91. The van der Waals surface area contributed by atoms with Gasteiger partial charge in [0.05, 0.1) is 12.4 Å². The summed E-state index contributed by atoms with van der Waals surface area (Å²) in [5.41, 5.74) is 0. The Morgan fingerprint density at radius 2 is 2.09 bits per heavy atom. The first-order chi connectivity index (χ1) is 4.99. The Morgan fingerprint density at radius 3 is 2.45 bits per heavy atom. The number of hydrogen-bond acceptors (Lipinski definition) is 3. The molecule has 0 aliphatic carbocycles. The average molecular weight is 178 g/mol. The van der Waals surface area contributed by atoms with Crippen molar-refractivity contribution in [3.63, 3.8) is 0 Å². The van der Waals surface area contributed by atoms with Crippen LogP contribution in [-0.2, 0) is 14.6 Å². The number of rotatable bonds is 2. The van der Waals surface area contributed by atoms with Gasteiger partial charge >= 0.3 is 0 Å². The molecule has 0 aromatic carbocycles. The lowest BCUT2D eigenvalue weighted by Gasteiger charge is -2.10. The van der Waals surface area contributed by atoms with Gasteiger partial charge in [-0.2, -0.15) is 0 Å². The zero-order chi connectivity index (χ0) is 8.48. The summed E-state index contributed by atoms with van der Waals surface area (Å²) in [6, 6.07) is 0. The lowest BCUT2D eigenvalue weighted by atomic mass is 10.0. The van der Waals surface area contributed by atoms with Crippen LogP contribution in [0, 0.1) is 11.8 Å². The number of ether oxygens (including phenoxy) is 1. The van der Waals surface area contributed by atoms with E-state index in [1.807, 2.05) is 6.92 Å². The van der Waals surface area contributed by atoms with Crippen LogP contribution in [0.15, 0.2) is 0 Å². The van der Waals surface area contributed by atoms with Gasteiger partial charge in [0.25, 0.3) is 0 Å². The third-order valence-electron chi connectivity index (χ3n) is 2.03. The van der Waals surface area contributed by atoms with E-state index in [2.05, 4.69) is 0 Å². The molecule has 0 aromatic rings. The molecular formula is C7H14O3S. The smallest absolute Gasteiger partial charge is 0.147 e. The van der Waals surface area contributed by atoms with Crippen molar-refractivity contribution in [1.29, 1.82) is 0 Å². The third kappa shape index (κ3) is 2.79. The minimum absolute atomic E-state index is 0.213. The molecule has 1 rings (SSSR count). The van der Waals surface area contributed by atoms with E-state index in [4.69, 9.17) is 4.74 Å². The lowest BCUT2D eigenvalue weighted by Crippen LogP contribution is -2.19. The van der Waals surface area contributed by atoms with Gasteiger partial charge < -0.3 is 4.74 Å². The first kappa shape index (κ1) is 9.00. The monoisotopic (exact) mass is 178 g/mol. The summed E-state index contributed by atoms with van der Waals surface area (Å²) in [5.74, 6) is 0.878. The van der Waals surface area contributed by atoms with Crippen molar-refractivity contribution in [2.45, 2.75) is 6.92 Å². The van der Waals surface area contributed by atoms with Gasteiger partial charge in [-0.1, -0.05) is 6.92 Å². The van der Waals surface area contributed by atoms with Crippen molar-refractivity contribution < 1.29 is 13.2 Å². The van der Waals surface area contributed by atoms with Crippen LogP contribution in [0.1, 0.15) is 6.92 Å². The van der Waals surface area contributed by atoms with Crippen LogP contribution in [0.25, 0.3) is 0 Å². The molecule has 1 heterocycles. The van der Waals surface area contributed by atoms with Crippen molar-refractivity contribution in [3.8, 4) is 0 Å². The molecule has 0 spiro atoms. The Balaban J connectivity index is 2.50. The Morgan fingerprint density at radius 1 is 1.45 bits per heavy atom. The molecule has 11 heavy (non-hydrogen) atoms. The molecule has 0 aromatic heterocycles. The molecule has 0 radical (unpaired) electrons. The van der Waals surface area contributed by atoms with Crippen molar-refractivity contribution in [1.82, 2.24) is 0 Å². The summed E-state index contributed by atoms with van der Waals surface area (Å²) in [5, 5.41) is 0. The normalized spacial score (nSPS) is 32.5. The molecule has 1 aliphatic heterocycles. The predicted octanol–water partition coefficient (Wildman–Crippen LogP) is 0.314. The molecule has 66 valence electrons. The van der Waals surface area contributed by atoms with Crippen LogP contribution in [0.3, 0.4) is 0 Å². The highest BCUT2D eigenvalue weighted by molar-refractivity contribution is 7.90. The van der Waals surface area contributed by atoms with Gasteiger partial charge in [-0.05, 0) is 5.92 Å². The molecule has 1 aliphatic rings. The van der Waals surface area contributed by atoms with Crippen LogP contribution in [0.5, 0.6) is 0 Å². The topological polar surface area (TPSA) is 43.4 Å². The Kier molecular flexibility index (Phi) is 2.54. The fourth-order valence-electron chi connectivity index (χ4n) is 1.31. The van der Waals surface area contributed by atoms with E-state index in [-0.39, 0.29) is 11.7 Å². The van der Waals surface area contributed by atoms with Gasteiger partial charge in [-0.25, -0.2) is 8.42 Å². The van der Waals surface area contributed by atoms with E-state index in [0.717, 1.165) is 0 Å². The average Bonchev–Trinajstić information content (AvgIpc) is 2.12. The highest BCUT2D eigenvalue weighted by Gasteiger charge is 2.27. The van der Waals surface area contributed by atoms with Crippen molar-refractivity contribution >= 4 is 9.84 Å². The van der Waals surface area contributed by atoms with Gasteiger partial charge in [-0.15, -0.1) is 0 Å². The van der Waals surface area contributed by atoms with Crippen molar-refractivity contribution in [2.75, 3.05) is 25.2 Å². The maximum atomic E-state index is 10.9. The second-order valence-electron chi connectivity index (χ2n) is 3.37. The molecule has 0 amide bonds. The Bertz CT molecular complexity index is 220. The van der Waals surface area contributed by atoms with E-state index in [1.165, 1.54) is 6.26 Å². The molecule has 0 bridgehead atoms. The molecule has 1 saturated heterocycles. The minimum Gasteiger partial charge on any atom is -0.381 e. The molecule has 2 atom stereocenters. The summed E-state index contributed by atoms with van der Waals surface area (Å²) in [7, 11) is -2.82. The fraction of sp³-hybridized carbons (Fsp3) is 1.00. The quantitative estimate of drug-likeness (QED) is 0.611. The molecular weight excluding hydrogens is 164 g/mol. The summed E-state index contributed by atoms with van der Waals surface area (Å²) >= 11 is 0. The predicted molar refractivity (Wildman–Crippen MR) is 43.2 cm³/mol. The molecule has 0 saturated carbocycles. The van der Waals surface area contributed by atoms with Gasteiger partial charge in [0, 0.05) is 18.8 Å². The third-order valence-corrected chi connectivity index (χ3v) is 3.07. The van der Waals surface area contributed by atoms with Crippen LogP contribution in [-0.4, -0.2) is 33.6 Å². The first-order valence-electron chi connectivity index (χ1n) is 3.74. The van der Waals surface area contributed by atoms with Crippen LogP contribution in [0.4, 0.5) is 0 Å². The maximum absolute atomic E-state index is 10.9. The van der Waals surface area contributed by atoms with E-state index in [9.17, 15) is 8.42 Å². The molecule has 3 nitrogen and oxygen atoms in total. The standard InChI is InChI=1S/C7H14O3S/c1-6-3-10-4-7(6)5-11(2,8)9/h6-7H,3-5H2,1-2H3/t6-,7-/m0/s1. The molecule has 4 heteroatoms. The lowest BCUT2D eigenvalue weighted by molar-refractivity contribution is 0.183. The van der Waals surface area contributed by atoms with Gasteiger partial charge in [0.1, 0.15) is 9.84 Å². The highest BCUT2D eigenvalue weighted by atomic mass is 32.2. The van der Waals surface area contributed by atoms with Crippen molar-refractivity contribution in [2.24, 2.45) is 11.8 Å². The summed E-state index contributed by atoms with van der Waals surface area (Å²) < 4.78 is 26.9. The number of sulfone groups is 1. The Labute approximate surface area is 67.7 Å². The van der Waals surface area contributed by atoms with E-state index >= 15 is 0 Å². The molecule has 0 unspecified atom stereocenters. The minimum atomic E-state index is -2.82. The summed E-state index contributed by atoms with van der Waals surface area (Å²) in [6.07, 6.45) is 1.28. The van der Waals surface area contributed by atoms with E-state index < -0.39 is 9.84 Å². The van der Waals surface area contributed by atoms with Crippen LogP contribution >= 0.6 is 0 Å². The zero-order valence-corrected chi connectivity index (χ0v) is 7.73. The molecule has 0 N–H and O–H groups in total. The van der Waals surface area contributed by atoms with Gasteiger partial charge in [0.15, 0.2) is 0 Å². The van der Waals surface area contributed by atoms with Crippen LogP contribution in [0.2, 0.25) is 0 Å². The first-order valence-corrected chi connectivity index (χ1v) is 5.80. The molecule has 1 fully saturated rings.